The molecule has 0 saturated heterocycles. The van der Waals surface area contributed by atoms with Crippen LogP contribution in [0.25, 0.3) is 55.3 Å². The molecule has 0 spiro atoms. The largest absolute Gasteiger partial charge is 0.456 e. The molecular formula is C31H18ClNO. The van der Waals surface area contributed by atoms with Crippen molar-refractivity contribution in [3.63, 3.8) is 0 Å². The van der Waals surface area contributed by atoms with Crippen LogP contribution in [0.3, 0.4) is 0 Å². The van der Waals surface area contributed by atoms with Gasteiger partial charge in [-0.2, -0.15) is 5.26 Å². The molecule has 1 heterocycles. The summed E-state index contributed by atoms with van der Waals surface area (Å²) in [6, 6.07) is 38.7. The summed E-state index contributed by atoms with van der Waals surface area (Å²) in [6.07, 6.45) is 0. The van der Waals surface area contributed by atoms with E-state index in [0.717, 1.165) is 55.3 Å². The molecule has 0 radical (unpaired) electrons. The maximum absolute atomic E-state index is 10.2. The number of fused-ring (bicyclic) bond motifs is 3. The Morgan fingerprint density at radius 1 is 0.588 bits per heavy atom. The fourth-order valence-electron chi connectivity index (χ4n) is 4.58. The topological polar surface area (TPSA) is 36.9 Å². The first-order valence-electron chi connectivity index (χ1n) is 11.0. The third-order valence-corrected chi connectivity index (χ3v) is 6.51. The number of hydrogen-bond acceptors (Lipinski definition) is 2. The van der Waals surface area contributed by atoms with Gasteiger partial charge in [0.2, 0.25) is 0 Å². The molecule has 3 heteroatoms. The van der Waals surface area contributed by atoms with Crippen LogP contribution in [0.1, 0.15) is 5.56 Å². The lowest BCUT2D eigenvalue weighted by atomic mass is 9.88. The number of rotatable bonds is 3. The standard InChI is InChI=1S/C31H18ClNO/c32-28-12-7-13-29-31(28)24-15-14-22(18-30(24)34-29)23-16-25(20-8-3-1-4-9-20)27(19-33)26(17-23)21-10-5-2-6-11-21/h1-18H. The maximum Gasteiger partial charge on any atom is 0.136 e. The van der Waals surface area contributed by atoms with Gasteiger partial charge >= 0.3 is 0 Å². The molecule has 1 aromatic heterocycles. The number of hydrogen-bond donors (Lipinski definition) is 0. The summed E-state index contributed by atoms with van der Waals surface area (Å²) >= 11 is 6.45. The SMILES string of the molecule is N#Cc1c(-c2ccccc2)cc(-c2ccc3c(c2)oc2cccc(Cl)c23)cc1-c1ccccc1. The molecule has 0 N–H and O–H groups in total. The summed E-state index contributed by atoms with van der Waals surface area (Å²) in [5, 5.41) is 12.8. The van der Waals surface area contributed by atoms with Crippen LogP contribution in [0, 0.1) is 11.3 Å². The highest BCUT2D eigenvalue weighted by Crippen LogP contribution is 2.39. The van der Waals surface area contributed by atoms with Crippen LogP contribution in [-0.4, -0.2) is 0 Å². The second kappa shape index (κ2) is 8.23. The average Bonchev–Trinajstić information content (AvgIpc) is 3.28. The Morgan fingerprint density at radius 3 is 1.85 bits per heavy atom. The molecule has 2 nitrogen and oxygen atoms in total. The summed E-state index contributed by atoms with van der Waals surface area (Å²) in [7, 11) is 0. The second-order valence-corrected chi connectivity index (χ2v) is 8.62. The quantitative estimate of drug-likeness (QED) is 0.267. The van der Waals surface area contributed by atoms with Gasteiger partial charge < -0.3 is 4.42 Å². The molecule has 0 aliphatic rings. The summed E-state index contributed by atoms with van der Waals surface area (Å²) in [6.45, 7) is 0. The van der Waals surface area contributed by atoms with Crippen molar-refractivity contribution in [2.24, 2.45) is 0 Å². The van der Waals surface area contributed by atoms with Crippen molar-refractivity contribution in [2.45, 2.75) is 0 Å². The highest BCUT2D eigenvalue weighted by Gasteiger charge is 2.16. The van der Waals surface area contributed by atoms with Crippen molar-refractivity contribution >= 4 is 33.5 Å². The normalized spacial score (nSPS) is 11.1. The van der Waals surface area contributed by atoms with Crippen molar-refractivity contribution in [3.05, 3.63) is 120 Å². The van der Waals surface area contributed by atoms with Gasteiger partial charge in [0.15, 0.2) is 0 Å². The average molecular weight is 456 g/mol. The van der Waals surface area contributed by atoms with Gasteiger partial charge in [-0.1, -0.05) is 84.4 Å². The molecule has 0 amide bonds. The molecule has 5 aromatic carbocycles. The van der Waals surface area contributed by atoms with Gasteiger partial charge in [-0.25, -0.2) is 0 Å². The fourth-order valence-corrected chi connectivity index (χ4v) is 4.85. The molecule has 0 bridgehead atoms. The van der Waals surface area contributed by atoms with E-state index in [-0.39, 0.29) is 0 Å². The molecule has 0 aliphatic carbocycles. The van der Waals surface area contributed by atoms with Gasteiger partial charge in [-0.15, -0.1) is 0 Å². The Balaban J connectivity index is 1.62. The van der Waals surface area contributed by atoms with E-state index in [1.807, 2.05) is 78.9 Å². The van der Waals surface area contributed by atoms with Crippen LogP contribution in [-0.2, 0) is 0 Å². The van der Waals surface area contributed by atoms with Gasteiger partial charge in [-0.05, 0) is 58.7 Å². The van der Waals surface area contributed by atoms with E-state index in [4.69, 9.17) is 16.0 Å². The molecule has 0 unspecified atom stereocenters. The van der Waals surface area contributed by atoms with Crippen LogP contribution < -0.4 is 0 Å². The third kappa shape index (κ3) is 3.35. The molecule has 0 atom stereocenters. The summed E-state index contributed by atoms with van der Waals surface area (Å²) in [5.41, 5.74) is 8.09. The minimum atomic E-state index is 0.665. The smallest absolute Gasteiger partial charge is 0.136 e. The summed E-state index contributed by atoms with van der Waals surface area (Å²) in [5.74, 6) is 0. The van der Waals surface area contributed by atoms with E-state index in [1.54, 1.807) is 0 Å². The van der Waals surface area contributed by atoms with E-state index < -0.39 is 0 Å². The van der Waals surface area contributed by atoms with Gasteiger partial charge in [0.05, 0.1) is 10.6 Å². The summed E-state index contributed by atoms with van der Waals surface area (Å²) in [4.78, 5) is 0. The van der Waals surface area contributed by atoms with Crippen LogP contribution in [0.15, 0.2) is 114 Å². The number of nitriles is 1. The molecule has 0 fully saturated rings. The lowest BCUT2D eigenvalue weighted by Gasteiger charge is -2.14. The number of halogens is 1. The van der Waals surface area contributed by atoms with E-state index in [0.29, 0.717) is 10.6 Å². The zero-order valence-corrected chi connectivity index (χ0v) is 18.9. The van der Waals surface area contributed by atoms with Crippen molar-refractivity contribution in [3.8, 4) is 39.4 Å². The lowest BCUT2D eigenvalue weighted by molar-refractivity contribution is 0.669. The van der Waals surface area contributed by atoms with Crippen LogP contribution in [0.4, 0.5) is 0 Å². The number of benzene rings is 5. The predicted molar refractivity (Wildman–Crippen MR) is 140 cm³/mol. The van der Waals surface area contributed by atoms with Crippen molar-refractivity contribution in [1.29, 1.82) is 5.26 Å². The Hall–Kier alpha value is -4.32. The Kier molecular flexibility index (Phi) is 4.91. The third-order valence-electron chi connectivity index (χ3n) is 6.20. The Labute approximate surface area is 202 Å². The maximum atomic E-state index is 10.2. The van der Waals surface area contributed by atoms with Crippen LogP contribution in [0.5, 0.6) is 0 Å². The first kappa shape index (κ1) is 20.3. The summed E-state index contributed by atoms with van der Waals surface area (Å²) < 4.78 is 6.13. The second-order valence-electron chi connectivity index (χ2n) is 8.22. The van der Waals surface area contributed by atoms with Crippen LogP contribution >= 0.6 is 11.6 Å². The predicted octanol–water partition coefficient (Wildman–Crippen LogP) is 9.11. The monoisotopic (exact) mass is 455 g/mol. The van der Waals surface area contributed by atoms with Gasteiger partial charge in [-0.3, -0.25) is 0 Å². The van der Waals surface area contributed by atoms with E-state index in [2.05, 4.69) is 36.4 Å². The highest BCUT2D eigenvalue weighted by molar-refractivity contribution is 6.37. The first-order valence-corrected chi connectivity index (χ1v) is 11.4. The van der Waals surface area contributed by atoms with Crippen molar-refractivity contribution in [1.82, 2.24) is 0 Å². The molecule has 6 aromatic rings. The fraction of sp³-hybridized carbons (Fsp3) is 0. The van der Waals surface area contributed by atoms with Gasteiger partial charge in [0.1, 0.15) is 17.2 Å². The highest BCUT2D eigenvalue weighted by atomic mass is 35.5. The Morgan fingerprint density at radius 2 is 1.24 bits per heavy atom. The van der Waals surface area contributed by atoms with Crippen molar-refractivity contribution in [2.75, 3.05) is 0 Å². The zero-order chi connectivity index (χ0) is 23.1. The van der Waals surface area contributed by atoms with Crippen LogP contribution in [0.2, 0.25) is 5.02 Å². The zero-order valence-electron chi connectivity index (χ0n) is 18.1. The Bertz CT molecular complexity index is 1650. The van der Waals surface area contributed by atoms with E-state index in [1.165, 1.54) is 0 Å². The van der Waals surface area contributed by atoms with E-state index >= 15 is 0 Å². The molecule has 34 heavy (non-hydrogen) atoms. The van der Waals surface area contributed by atoms with Gasteiger partial charge in [0, 0.05) is 21.9 Å². The van der Waals surface area contributed by atoms with Crippen molar-refractivity contribution < 1.29 is 4.42 Å². The number of furan rings is 1. The molecule has 0 aliphatic heterocycles. The first-order chi connectivity index (χ1) is 16.7. The molecule has 6 rings (SSSR count). The minimum Gasteiger partial charge on any atom is -0.456 e. The van der Waals surface area contributed by atoms with Gasteiger partial charge in [0.25, 0.3) is 0 Å². The molecule has 0 saturated carbocycles. The minimum absolute atomic E-state index is 0.665. The molecule has 160 valence electrons. The lowest BCUT2D eigenvalue weighted by Crippen LogP contribution is -1.92. The number of nitrogens with zero attached hydrogens (tertiary/aromatic N) is 1. The molecular weight excluding hydrogens is 438 g/mol. The van der Waals surface area contributed by atoms with E-state index in [9.17, 15) is 5.26 Å².